The van der Waals surface area contributed by atoms with Gasteiger partial charge in [0.15, 0.2) is 0 Å². The lowest BCUT2D eigenvalue weighted by molar-refractivity contribution is 0.806. The van der Waals surface area contributed by atoms with Crippen LogP contribution in [-0.2, 0) is 0 Å². The Labute approximate surface area is 118 Å². The zero-order valence-corrected chi connectivity index (χ0v) is 11.4. The summed E-state index contributed by atoms with van der Waals surface area (Å²) in [4.78, 5) is 8.38. The molecule has 94 valence electrons. The molecule has 0 amide bonds. The zero-order chi connectivity index (χ0) is 13.2. The Balaban J connectivity index is 1.95. The van der Waals surface area contributed by atoms with Gasteiger partial charge in [0.1, 0.15) is 0 Å². The van der Waals surface area contributed by atoms with Crippen molar-refractivity contribution in [3.8, 4) is 17.1 Å². The number of halogens is 1. The van der Waals surface area contributed by atoms with Crippen LogP contribution in [0.2, 0.25) is 0 Å². The van der Waals surface area contributed by atoms with Crippen LogP contribution in [0.4, 0.5) is 5.69 Å². The van der Waals surface area contributed by atoms with Gasteiger partial charge in [-0.15, -0.1) is 0 Å². The molecule has 3 aromatic rings. The summed E-state index contributed by atoms with van der Waals surface area (Å²) in [6.07, 6.45) is 7.03. The van der Waals surface area contributed by atoms with E-state index in [1.165, 1.54) is 0 Å². The summed E-state index contributed by atoms with van der Waals surface area (Å²) in [5.74, 6) is 0.532. The highest BCUT2D eigenvalue weighted by Crippen LogP contribution is 2.20. The molecule has 2 aromatic heterocycles. The average molecular weight is 316 g/mol. The monoisotopic (exact) mass is 315 g/mol. The lowest BCUT2D eigenvalue weighted by Gasteiger charge is -1.99. The summed E-state index contributed by atoms with van der Waals surface area (Å²) in [6, 6.07) is 7.64. The molecule has 0 spiro atoms. The average Bonchev–Trinajstić information content (AvgIpc) is 2.90. The second-order valence-corrected chi connectivity index (χ2v) is 4.91. The number of hydrogen-bond acceptors (Lipinski definition) is 4. The largest absolute Gasteiger partial charge is 0.399 e. The Bertz CT molecular complexity index is 628. The van der Waals surface area contributed by atoms with Gasteiger partial charge >= 0.3 is 0 Å². The summed E-state index contributed by atoms with van der Waals surface area (Å²) in [6.45, 7) is 0. The van der Waals surface area contributed by atoms with Crippen molar-refractivity contribution in [3.05, 3.63) is 53.5 Å². The fraction of sp³-hybridized carbons (Fsp3) is 0. The SMILES string of the molecule is Nc1ccc(-c2cnn(-c3ncc(Br)cn3)c2)cc1. The van der Waals surface area contributed by atoms with Gasteiger partial charge in [-0.1, -0.05) is 12.1 Å². The third-order valence-electron chi connectivity index (χ3n) is 2.64. The van der Waals surface area contributed by atoms with E-state index in [2.05, 4.69) is 31.0 Å². The quantitative estimate of drug-likeness (QED) is 0.738. The highest BCUT2D eigenvalue weighted by molar-refractivity contribution is 9.10. The van der Waals surface area contributed by atoms with E-state index in [4.69, 9.17) is 5.73 Å². The molecule has 0 saturated heterocycles. The zero-order valence-electron chi connectivity index (χ0n) is 9.86. The minimum absolute atomic E-state index is 0.532. The van der Waals surface area contributed by atoms with Gasteiger partial charge in [0.2, 0.25) is 0 Å². The maximum absolute atomic E-state index is 5.67. The van der Waals surface area contributed by atoms with E-state index in [0.717, 1.165) is 21.3 Å². The van der Waals surface area contributed by atoms with Crippen LogP contribution in [0.15, 0.2) is 53.5 Å². The Morgan fingerprint density at radius 1 is 0.947 bits per heavy atom. The maximum atomic E-state index is 5.67. The summed E-state index contributed by atoms with van der Waals surface area (Å²) >= 11 is 3.30. The smallest absolute Gasteiger partial charge is 0.250 e. The molecule has 0 aliphatic carbocycles. The van der Waals surface area contributed by atoms with Gasteiger partial charge in [-0.25, -0.2) is 14.6 Å². The normalized spacial score (nSPS) is 10.6. The third-order valence-corrected chi connectivity index (χ3v) is 3.05. The van der Waals surface area contributed by atoms with E-state index in [1.54, 1.807) is 23.3 Å². The molecule has 0 aliphatic rings. The van der Waals surface area contributed by atoms with Crippen LogP contribution in [0.1, 0.15) is 0 Å². The predicted molar refractivity (Wildman–Crippen MR) is 76.7 cm³/mol. The van der Waals surface area contributed by atoms with Gasteiger partial charge < -0.3 is 5.73 Å². The third kappa shape index (κ3) is 2.48. The van der Waals surface area contributed by atoms with E-state index in [9.17, 15) is 0 Å². The first-order valence-corrected chi connectivity index (χ1v) is 6.40. The first-order valence-electron chi connectivity index (χ1n) is 5.61. The predicted octanol–water partition coefficient (Wildman–Crippen LogP) is 2.67. The number of benzene rings is 1. The number of nitrogens with two attached hydrogens (primary N) is 1. The molecule has 1 aromatic carbocycles. The Morgan fingerprint density at radius 2 is 1.63 bits per heavy atom. The molecule has 0 radical (unpaired) electrons. The number of anilines is 1. The van der Waals surface area contributed by atoms with Crippen molar-refractivity contribution in [3.63, 3.8) is 0 Å². The fourth-order valence-electron chi connectivity index (χ4n) is 1.68. The summed E-state index contributed by atoms with van der Waals surface area (Å²) in [5, 5.41) is 4.26. The standard InChI is InChI=1S/C13H10BrN5/c14-11-6-16-13(17-7-11)19-8-10(5-18-19)9-1-3-12(15)4-2-9/h1-8H,15H2. The van der Waals surface area contributed by atoms with Crippen molar-refractivity contribution in [2.45, 2.75) is 0 Å². The molecule has 0 saturated carbocycles. The molecule has 0 fully saturated rings. The van der Waals surface area contributed by atoms with Crippen molar-refractivity contribution in [2.24, 2.45) is 0 Å². The molecule has 3 rings (SSSR count). The molecule has 0 unspecified atom stereocenters. The second-order valence-electron chi connectivity index (χ2n) is 4.00. The van der Waals surface area contributed by atoms with Crippen LogP contribution < -0.4 is 5.73 Å². The number of aromatic nitrogens is 4. The topological polar surface area (TPSA) is 69.6 Å². The molecule has 5 nitrogen and oxygen atoms in total. The molecular formula is C13H10BrN5. The van der Waals surface area contributed by atoms with Gasteiger partial charge in [0.05, 0.1) is 10.7 Å². The van der Waals surface area contributed by atoms with E-state index in [0.29, 0.717) is 5.95 Å². The minimum Gasteiger partial charge on any atom is -0.399 e. The van der Waals surface area contributed by atoms with E-state index in [-0.39, 0.29) is 0 Å². The van der Waals surface area contributed by atoms with Gasteiger partial charge in [0, 0.05) is 29.8 Å². The highest BCUT2D eigenvalue weighted by Gasteiger charge is 2.05. The van der Waals surface area contributed by atoms with Crippen LogP contribution in [-0.4, -0.2) is 19.7 Å². The van der Waals surface area contributed by atoms with Crippen molar-refractivity contribution in [1.29, 1.82) is 0 Å². The van der Waals surface area contributed by atoms with Crippen LogP contribution in [0.25, 0.3) is 17.1 Å². The molecule has 0 bridgehead atoms. The fourth-order valence-corrected chi connectivity index (χ4v) is 1.89. The number of nitrogens with zero attached hydrogens (tertiary/aromatic N) is 4. The molecule has 2 heterocycles. The van der Waals surface area contributed by atoms with Crippen molar-refractivity contribution < 1.29 is 0 Å². The Hall–Kier alpha value is -2.21. The van der Waals surface area contributed by atoms with Crippen LogP contribution in [0.5, 0.6) is 0 Å². The Morgan fingerprint density at radius 3 is 2.32 bits per heavy atom. The van der Waals surface area contributed by atoms with Crippen LogP contribution >= 0.6 is 15.9 Å². The lowest BCUT2D eigenvalue weighted by Crippen LogP contribution is -2.00. The minimum atomic E-state index is 0.532. The number of rotatable bonds is 2. The van der Waals surface area contributed by atoms with Crippen molar-refractivity contribution >= 4 is 21.6 Å². The Kier molecular flexibility index (Phi) is 3.00. The summed E-state index contributed by atoms with van der Waals surface area (Å²) in [5.41, 5.74) is 8.46. The molecule has 0 atom stereocenters. The van der Waals surface area contributed by atoms with Crippen LogP contribution in [0, 0.1) is 0 Å². The first-order chi connectivity index (χ1) is 9.22. The van der Waals surface area contributed by atoms with Crippen molar-refractivity contribution in [1.82, 2.24) is 19.7 Å². The molecule has 0 aliphatic heterocycles. The number of nitrogen functional groups attached to an aromatic ring is 1. The van der Waals surface area contributed by atoms with Gasteiger partial charge in [-0.3, -0.25) is 0 Å². The van der Waals surface area contributed by atoms with E-state index < -0.39 is 0 Å². The molecule has 6 heteroatoms. The van der Waals surface area contributed by atoms with Gasteiger partial charge in [-0.2, -0.15) is 5.10 Å². The van der Waals surface area contributed by atoms with E-state index in [1.807, 2.05) is 30.5 Å². The first kappa shape index (κ1) is 11.9. The highest BCUT2D eigenvalue weighted by atomic mass is 79.9. The summed E-state index contributed by atoms with van der Waals surface area (Å²) in [7, 11) is 0. The van der Waals surface area contributed by atoms with E-state index >= 15 is 0 Å². The molecule has 2 N–H and O–H groups in total. The van der Waals surface area contributed by atoms with Crippen LogP contribution in [0.3, 0.4) is 0 Å². The molecular weight excluding hydrogens is 306 g/mol. The number of hydrogen-bond donors (Lipinski definition) is 1. The van der Waals surface area contributed by atoms with Crippen molar-refractivity contribution in [2.75, 3.05) is 5.73 Å². The van der Waals surface area contributed by atoms with Gasteiger partial charge in [0.25, 0.3) is 5.95 Å². The lowest BCUT2D eigenvalue weighted by atomic mass is 10.1. The molecule has 19 heavy (non-hydrogen) atoms. The maximum Gasteiger partial charge on any atom is 0.250 e. The van der Waals surface area contributed by atoms with Gasteiger partial charge in [-0.05, 0) is 33.6 Å². The summed E-state index contributed by atoms with van der Waals surface area (Å²) < 4.78 is 2.47. The second kappa shape index (κ2) is 4.81.